The molecule has 2 nitrogen and oxygen atoms in total. The highest BCUT2D eigenvalue weighted by molar-refractivity contribution is 9.10. The van der Waals surface area contributed by atoms with E-state index < -0.39 is 0 Å². The molecule has 1 N–H and O–H groups in total. The maximum atomic E-state index is 3.66. The molecule has 1 atom stereocenters. The lowest BCUT2D eigenvalue weighted by Gasteiger charge is -2.26. The summed E-state index contributed by atoms with van der Waals surface area (Å²) >= 11 is 3.60. The van der Waals surface area contributed by atoms with Crippen LogP contribution in [0.3, 0.4) is 0 Å². The predicted molar refractivity (Wildman–Crippen MR) is 92.5 cm³/mol. The molecule has 0 radical (unpaired) electrons. The van der Waals surface area contributed by atoms with Crippen molar-refractivity contribution < 1.29 is 0 Å². The third-order valence-electron chi connectivity index (χ3n) is 4.66. The Morgan fingerprint density at radius 1 is 1.29 bits per heavy atom. The molecule has 3 heteroatoms. The van der Waals surface area contributed by atoms with Gasteiger partial charge in [0.2, 0.25) is 0 Å². The van der Waals surface area contributed by atoms with Crippen LogP contribution in [0.1, 0.15) is 50.6 Å². The summed E-state index contributed by atoms with van der Waals surface area (Å²) in [6, 6.07) is 10.1. The van der Waals surface area contributed by atoms with Gasteiger partial charge in [0.1, 0.15) is 0 Å². The van der Waals surface area contributed by atoms with Crippen molar-refractivity contribution in [3.63, 3.8) is 0 Å². The van der Waals surface area contributed by atoms with Crippen LogP contribution in [0.15, 0.2) is 28.7 Å². The first kappa shape index (κ1) is 15.5. The fraction of sp³-hybridized carbons (Fsp3) is 0.667. The second kappa shape index (κ2) is 7.26. The number of hydrogen-bond donors (Lipinski definition) is 1. The lowest BCUT2D eigenvalue weighted by Crippen LogP contribution is -2.32. The molecule has 0 aromatic heterocycles. The van der Waals surface area contributed by atoms with Gasteiger partial charge in [0, 0.05) is 29.6 Å². The van der Waals surface area contributed by atoms with Crippen LogP contribution in [0.4, 0.5) is 0 Å². The van der Waals surface area contributed by atoms with Crippen molar-refractivity contribution in [2.75, 3.05) is 19.6 Å². The van der Waals surface area contributed by atoms with Gasteiger partial charge in [-0.3, -0.25) is 0 Å². The summed E-state index contributed by atoms with van der Waals surface area (Å²) in [5.41, 5.74) is 1.41. The quantitative estimate of drug-likeness (QED) is 0.711. The summed E-state index contributed by atoms with van der Waals surface area (Å²) in [4.78, 5) is 2.76. The van der Waals surface area contributed by atoms with Crippen LogP contribution in [0.25, 0.3) is 0 Å². The highest BCUT2D eigenvalue weighted by Gasteiger charge is 2.33. The smallest absolute Gasteiger partial charge is 0.0332 e. The van der Waals surface area contributed by atoms with E-state index in [-0.39, 0.29) is 0 Å². The fourth-order valence-electron chi connectivity index (χ4n) is 3.15. The minimum Gasteiger partial charge on any atom is -0.310 e. The zero-order valence-corrected chi connectivity index (χ0v) is 14.6. The van der Waals surface area contributed by atoms with Crippen LogP contribution < -0.4 is 5.32 Å². The van der Waals surface area contributed by atoms with E-state index in [2.05, 4.69) is 57.3 Å². The molecular weight excluding hydrogens is 324 g/mol. The molecule has 116 valence electrons. The summed E-state index contributed by atoms with van der Waals surface area (Å²) in [6.45, 7) is 5.82. The summed E-state index contributed by atoms with van der Waals surface area (Å²) in [5, 5.41) is 3.66. The van der Waals surface area contributed by atoms with Crippen molar-refractivity contribution in [1.82, 2.24) is 10.2 Å². The second-order valence-electron chi connectivity index (χ2n) is 6.62. The summed E-state index contributed by atoms with van der Waals surface area (Å²) in [5.74, 6) is 1.01. The Labute approximate surface area is 137 Å². The zero-order valence-electron chi connectivity index (χ0n) is 13.0. The molecule has 0 saturated heterocycles. The number of rotatable bonds is 9. The molecule has 2 aliphatic carbocycles. The Kier molecular flexibility index (Phi) is 5.36. The maximum absolute atomic E-state index is 3.66. The number of hydrogen-bond acceptors (Lipinski definition) is 2. The lowest BCUT2D eigenvalue weighted by atomic mass is 10.0. The number of nitrogens with zero attached hydrogens (tertiary/aromatic N) is 1. The lowest BCUT2D eigenvalue weighted by molar-refractivity contribution is 0.238. The van der Waals surface area contributed by atoms with E-state index in [0.29, 0.717) is 6.04 Å². The molecule has 2 saturated carbocycles. The van der Waals surface area contributed by atoms with Crippen LogP contribution in [-0.2, 0) is 0 Å². The molecule has 2 aliphatic rings. The van der Waals surface area contributed by atoms with E-state index in [4.69, 9.17) is 0 Å². The standard InChI is InChI=1S/C18H27BrN2/c1-2-20-18(15-4-3-5-16(19)12-15)10-11-21(17-8-9-17)13-14-6-7-14/h3-5,12,14,17-18,20H,2,6-11,13H2,1H3. The van der Waals surface area contributed by atoms with Crippen LogP contribution in [-0.4, -0.2) is 30.6 Å². The zero-order chi connectivity index (χ0) is 14.7. The van der Waals surface area contributed by atoms with Crippen molar-refractivity contribution in [3.8, 4) is 0 Å². The normalized spacial score (nSPS) is 20.0. The molecule has 0 bridgehead atoms. The fourth-order valence-corrected chi connectivity index (χ4v) is 3.56. The van der Waals surface area contributed by atoms with Gasteiger partial charge in [0.15, 0.2) is 0 Å². The second-order valence-corrected chi connectivity index (χ2v) is 7.54. The van der Waals surface area contributed by atoms with E-state index in [1.165, 1.54) is 55.2 Å². The number of halogens is 1. The Bertz CT molecular complexity index is 454. The predicted octanol–water partition coefficient (Wildman–Crippen LogP) is 4.36. The van der Waals surface area contributed by atoms with Gasteiger partial charge in [-0.25, -0.2) is 0 Å². The van der Waals surface area contributed by atoms with Crippen LogP contribution in [0, 0.1) is 5.92 Å². The average Bonchev–Trinajstić information content (AvgIpc) is 3.35. The van der Waals surface area contributed by atoms with Crippen molar-refractivity contribution in [1.29, 1.82) is 0 Å². The molecule has 0 heterocycles. The van der Waals surface area contributed by atoms with Crippen LogP contribution in [0.5, 0.6) is 0 Å². The maximum Gasteiger partial charge on any atom is 0.0332 e. The van der Waals surface area contributed by atoms with E-state index in [1.807, 2.05) is 0 Å². The summed E-state index contributed by atoms with van der Waals surface area (Å²) in [6.07, 6.45) is 7.00. The Morgan fingerprint density at radius 3 is 2.71 bits per heavy atom. The average molecular weight is 351 g/mol. The van der Waals surface area contributed by atoms with Gasteiger partial charge >= 0.3 is 0 Å². The summed E-state index contributed by atoms with van der Waals surface area (Å²) < 4.78 is 1.18. The molecule has 2 fully saturated rings. The molecule has 3 rings (SSSR count). The summed E-state index contributed by atoms with van der Waals surface area (Å²) in [7, 11) is 0. The number of benzene rings is 1. The van der Waals surface area contributed by atoms with Crippen molar-refractivity contribution >= 4 is 15.9 Å². The third-order valence-corrected chi connectivity index (χ3v) is 5.15. The van der Waals surface area contributed by atoms with Gasteiger partial charge < -0.3 is 10.2 Å². The molecule has 1 aromatic rings. The number of nitrogens with one attached hydrogen (secondary N) is 1. The van der Waals surface area contributed by atoms with Crippen LogP contribution in [0.2, 0.25) is 0 Å². The molecule has 0 amide bonds. The van der Waals surface area contributed by atoms with Gasteiger partial charge in [-0.2, -0.15) is 0 Å². The van der Waals surface area contributed by atoms with Crippen molar-refractivity contribution in [2.45, 2.75) is 51.1 Å². The third kappa shape index (κ3) is 4.80. The van der Waals surface area contributed by atoms with Gasteiger partial charge in [-0.1, -0.05) is 35.0 Å². The highest BCUT2D eigenvalue weighted by Crippen LogP contribution is 2.35. The van der Waals surface area contributed by atoms with E-state index in [9.17, 15) is 0 Å². The molecule has 0 aliphatic heterocycles. The van der Waals surface area contributed by atoms with Crippen molar-refractivity contribution in [2.24, 2.45) is 5.92 Å². The van der Waals surface area contributed by atoms with E-state index >= 15 is 0 Å². The van der Waals surface area contributed by atoms with Crippen molar-refractivity contribution in [3.05, 3.63) is 34.3 Å². The van der Waals surface area contributed by atoms with E-state index in [1.54, 1.807) is 0 Å². The topological polar surface area (TPSA) is 15.3 Å². The highest BCUT2D eigenvalue weighted by atomic mass is 79.9. The van der Waals surface area contributed by atoms with E-state index in [0.717, 1.165) is 18.5 Å². The van der Waals surface area contributed by atoms with Gasteiger partial charge in [-0.05, 0) is 62.3 Å². The monoisotopic (exact) mass is 350 g/mol. The molecule has 1 aromatic carbocycles. The molecular formula is C18H27BrN2. The molecule has 1 unspecified atom stereocenters. The van der Waals surface area contributed by atoms with Gasteiger partial charge in [0.25, 0.3) is 0 Å². The minimum absolute atomic E-state index is 0.480. The SMILES string of the molecule is CCNC(CCN(CC1CC1)C1CC1)c1cccc(Br)c1. The molecule has 0 spiro atoms. The van der Waals surface area contributed by atoms with Gasteiger partial charge in [0.05, 0.1) is 0 Å². The largest absolute Gasteiger partial charge is 0.310 e. The van der Waals surface area contributed by atoms with Crippen LogP contribution >= 0.6 is 15.9 Å². The Hall–Kier alpha value is -0.380. The first-order chi connectivity index (χ1) is 10.3. The first-order valence-corrected chi connectivity index (χ1v) is 9.28. The van der Waals surface area contributed by atoms with Gasteiger partial charge in [-0.15, -0.1) is 0 Å². The minimum atomic E-state index is 0.480. The molecule has 21 heavy (non-hydrogen) atoms. The Morgan fingerprint density at radius 2 is 2.10 bits per heavy atom. The first-order valence-electron chi connectivity index (χ1n) is 8.49. The Balaban J connectivity index is 1.58.